The first-order valence-corrected chi connectivity index (χ1v) is 7.19. The van der Waals surface area contributed by atoms with Gasteiger partial charge in [0.1, 0.15) is 24.7 Å². The first-order valence-electron chi connectivity index (χ1n) is 7.19. The van der Waals surface area contributed by atoms with Gasteiger partial charge in [0.15, 0.2) is 0 Å². The molecule has 8 N–H and O–H groups in total. The number of carboxylic acid groups (broad SMARTS) is 1. The van der Waals surface area contributed by atoms with E-state index < -0.39 is 60.6 Å². The van der Waals surface area contributed by atoms with Crippen LogP contribution in [0.1, 0.15) is 20.8 Å². The van der Waals surface area contributed by atoms with Crippen LogP contribution < -0.4 is 21.7 Å². The van der Waals surface area contributed by atoms with E-state index in [9.17, 15) is 29.4 Å². The highest BCUT2D eigenvalue weighted by Gasteiger charge is 2.30. The van der Waals surface area contributed by atoms with E-state index in [4.69, 9.17) is 10.8 Å². The largest absolute Gasteiger partial charge is 0.480 e. The highest BCUT2D eigenvalue weighted by Crippen LogP contribution is 1.98. The lowest BCUT2D eigenvalue weighted by atomic mass is 10.1. The van der Waals surface area contributed by atoms with Gasteiger partial charge in [-0.05, 0) is 20.8 Å². The minimum atomic E-state index is -1.41. The van der Waals surface area contributed by atoms with E-state index in [1.807, 2.05) is 0 Å². The summed E-state index contributed by atoms with van der Waals surface area (Å²) in [6.07, 6.45) is -2.46. The van der Waals surface area contributed by atoms with Gasteiger partial charge in [-0.3, -0.25) is 19.2 Å². The number of rotatable bonds is 9. The van der Waals surface area contributed by atoms with Crippen molar-refractivity contribution < 1.29 is 34.5 Å². The molecule has 3 amide bonds. The fraction of sp³-hybridized carbons (Fsp3) is 0.692. The summed E-state index contributed by atoms with van der Waals surface area (Å²) >= 11 is 0. The highest BCUT2D eigenvalue weighted by atomic mass is 16.4. The number of carbonyl (C=O) groups excluding carboxylic acids is 3. The number of carboxylic acids is 1. The average Bonchev–Trinajstić information content (AvgIpc) is 2.48. The second-order valence-corrected chi connectivity index (χ2v) is 5.34. The van der Waals surface area contributed by atoms with Crippen molar-refractivity contribution in [3.8, 4) is 0 Å². The molecule has 0 rings (SSSR count). The topological polar surface area (TPSA) is 191 Å². The van der Waals surface area contributed by atoms with Crippen LogP contribution >= 0.6 is 0 Å². The Bertz CT molecular complexity index is 481. The van der Waals surface area contributed by atoms with Crippen molar-refractivity contribution in [1.82, 2.24) is 16.0 Å². The van der Waals surface area contributed by atoms with Crippen molar-refractivity contribution in [1.29, 1.82) is 0 Å². The van der Waals surface area contributed by atoms with E-state index in [1.54, 1.807) is 0 Å². The smallest absolute Gasteiger partial charge is 0.322 e. The highest BCUT2D eigenvalue weighted by molar-refractivity contribution is 5.93. The van der Waals surface area contributed by atoms with Gasteiger partial charge in [-0.15, -0.1) is 0 Å². The second kappa shape index (κ2) is 9.80. The summed E-state index contributed by atoms with van der Waals surface area (Å²) in [5.74, 6) is -3.71. The molecule has 0 heterocycles. The Morgan fingerprint density at radius 1 is 0.917 bits per heavy atom. The monoisotopic (exact) mass is 348 g/mol. The summed E-state index contributed by atoms with van der Waals surface area (Å²) in [5, 5.41) is 33.8. The number of hydrogen-bond donors (Lipinski definition) is 7. The van der Waals surface area contributed by atoms with Crippen LogP contribution in [-0.4, -0.2) is 75.9 Å². The number of aliphatic carboxylic acids is 1. The summed E-state index contributed by atoms with van der Waals surface area (Å²) in [5.41, 5.74) is 5.43. The van der Waals surface area contributed by atoms with Crippen LogP contribution in [0.5, 0.6) is 0 Å². The van der Waals surface area contributed by atoms with Gasteiger partial charge >= 0.3 is 5.97 Å². The normalized spacial score (nSPS) is 16.9. The minimum absolute atomic E-state index is 0.612. The molecule has 11 nitrogen and oxygen atoms in total. The number of nitrogens with one attached hydrogen (secondary N) is 3. The van der Waals surface area contributed by atoms with Gasteiger partial charge in [0.2, 0.25) is 17.7 Å². The summed E-state index contributed by atoms with van der Waals surface area (Å²) in [6, 6.07) is -3.80. The lowest BCUT2D eigenvalue weighted by molar-refractivity contribution is -0.138. The Hall–Kier alpha value is -2.24. The molecule has 0 fully saturated rings. The third kappa shape index (κ3) is 7.35. The zero-order chi connectivity index (χ0) is 19.0. The van der Waals surface area contributed by atoms with Crippen molar-refractivity contribution in [2.75, 3.05) is 6.54 Å². The number of nitrogens with two attached hydrogens (primary N) is 1. The molecule has 0 saturated carbocycles. The maximum atomic E-state index is 12.1. The Morgan fingerprint density at radius 2 is 1.46 bits per heavy atom. The molecular weight excluding hydrogens is 324 g/mol. The molecule has 0 aliphatic carbocycles. The molecule has 0 spiro atoms. The molecule has 5 atom stereocenters. The summed E-state index contributed by atoms with van der Waals surface area (Å²) in [4.78, 5) is 45.8. The van der Waals surface area contributed by atoms with Crippen LogP contribution in [0.3, 0.4) is 0 Å². The molecule has 0 aromatic rings. The van der Waals surface area contributed by atoms with E-state index >= 15 is 0 Å². The van der Waals surface area contributed by atoms with Crippen LogP contribution in [0.15, 0.2) is 0 Å². The molecule has 5 unspecified atom stereocenters. The van der Waals surface area contributed by atoms with Crippen molar-refractivity contribution >= 4 is 23.7 Å². The van der Waals surface area contributed by atoms with Gasteiger partial charge < -0.3 is 37.0 Å². The maximum Gasteiger partial charge on any atom is 0.322 e. The summed E-state index contributed by atoms with van der Waals surface area (Å²) in [6.45, 7) is 3.22. The zero-order valence-corrected chi connectivity index (χ0v) is 13.6. The Kier molecular flexibility index (Phi) is 8.89. The van der Waals surface area contributed by atoms with E-state index in [-0.39, 0.29) is 0 Å². The first-order chi connectivity index (χ1) is 11.0. The van der Waals surface area contributed by atoms with E-state index in [0.29, 0.717) is 0 Å². The van der Waals surface area contributed by atoms with Crippen molar-refractivity contribution in [3.63, 3.8) is 0 Å². The van der Waals surface area contributed by atoms with E-state index in [1.165, 1.54) is 20.8 Å². The van der Waals surface area contributed by atoms with Gasteiger partial charge in [0.25, 0.3) is 0 Å². The minimum Gasteiger partial charge on any atom is -0.480 e. The molecule has 0 aromatic carbocycles. The maximum absolute atomic E-state index is 12.1. The van der Waals surface area contributed by atoms with Crippen LogP contribution in [0.2, 0.25) is 0 Å². The number of aliphatic hydroxyl groups is 2. The predicted octanol–water partition coefficient (Wildman–Crippen LogP) is -3.73. The number of aliphatic hydroxyl groups excluding tert-OH is 2. The molecule has 0 aliphatic heterocycles. The molecule has 24 heavy (non-hydrogen) atoms. The van der Waals surface area contributed by atoms with Crippen LogP contribution in [0.25, 0.3) is 0 Å². The standard InChI is InChI=1S/C13H24N4O7/c1-5(11(22)15-4-8(20)21)16-13(24)10(7(3)19)17-12(23)9(14)6(2)18/h5-7,9-10,18-19H,4,14H2,1-3H3,(H,15,22)(H,16,24)(H,17,23)(H,20,21). The average molecular weight is 348 g/mol. The third-order valence-corrected chi connectivity index (χ3v) is 3.05. The Labute approximate surface area is 138 Å². The van der Waals surface area contributed by atoms with Gasteiger partial charge in [-0.1, -0.05) is 0 Å². The third-order valence-electron chi connectivity index (χ3n) is 3.05. The van der Waals surface area contributed by atoms with Crippen LogP contribution in [-0.2, 0) is 19.2 Å². The SMILES string of the molecule is CC(NC(=O)C(NC(=O)C(N)C(C)O)C(C)O)C(=O)NCC(=O)O. The summed E-state index contributed by atoms with van der Waals surface area (Å²) in [7, 11) is 0. The molecule has 0 aromatic heterocycles. The van der Waals surface area contributed by atoms with E-state index in [0.717, 1.165) is 0 Å². The van der Waals surface area contributed by atoms with E-state index in [2.05, 4.69) is 16.0 Å². The van der Waals surface area contributed by atoms with Gasteiger partial charge in [0, 0.05) is 0 Å². The summed E-state index contributed by atoms with van der Waals surface area (Å²) < 4.78 is 0. The molecular formula is C13H24N4O7. The van der Waals surface area contributed by atoms with Crippen molar-refractivity contribution in [2.24, 2.45) is 5.73 Å². The quantitative estimate of drug-likeness (QED) is 0.221. The van der Waals surface area contributed by atoms with Crippen LogP contribution in [0.4, 0.5) is 0 Å². The fourth-order valence-corrected chi connectivity index (χ4v) is 1.56. The Balaban J connectivity index is 4.78. The molecule has 0 radical (unpaired) electrons. The molecule has 0 aliphatic rings. The number of amides is 3. The van der Waals surface area contributed by atoms with Gasteiger partial charge in [-0.2, -0.15) is 0 Å². The molecule has 138 valence electrons. The lowest BCUT2D eigenvalue weighted by Crippen LogP contribution is -2.59. The zero-order valence-electron chi connectivity index (χ0n) is 13.6. The number of hydrogen-bond acceptors (Lipinski definition) is 7. The van der Waals surface area contributed by atoms with Gasteiger partial charge in [0.05, 0.1) is 12.2 Å². The van der Waals surface area contributed by atoms with Crippen molar-refractivity contribution in [3.05, 3.63) is 0 Å². The van der Waals surface area contributed by atoms with Crippen LogP contribution in [0, 0.1) is 0 Å². The first kappa shape index (κ1) is 21.8. The fourth-order valence-electron chi connectivity index (χ4n) is 1.56. The molecule has 0 bridgehead atoms. The van der Waals surface area contributed by atoms with Gasteiger partial charge in [-0.25, -0.2) is 0 Å². The lowest BCUT2D eigenvalue weighted by Gasteiger charge is -2.25. The molecule has 11 heteroatoms. The Morgan fingerprint density at radius 3 is 1.88 bits per heavy atom. The number of carbonyl (C=O) groups is 4. The molecule has 0 saturated heterocycles. The second-order valence-electron chi connectivity index (χ2n) is 5.34. The predicted molar refractivity (Wildman–Crippen MR) is 81.5 cm³/mol. The van der Waals surface area contributed by atoms with Crippen molar-refractivity contribution in [2.45, 2.75) is 51.1 Å².